The van der Waals surface area contributed by atoms with Crippen LogP contribution in [0.3, 0.4) is 0 Å². The molecule has 1 aliphatic rings. The second kappa shape index (κ2) is 9.64. The van der Waals surface area contributed by atoms with E-state index in [9.17, 15) is 4.79 Å². The zero-order valence-corrected chi connectivity index (χ0v) is 19.9. The molecule has 34 heavy (non-hydrogen) atoms. The number of hydrogen-bond acceptors (Lipinski definition) is 4. The van der Waals surface area contributed by atoms with E-state index in [1.165, 1.54) is 11.1 Å². The highest BCUT2D eigenvalue weighted by Gasteiger charge is 2.24. The molecule has 0 spiro atoms. The third-order valence-corrected chi connectivity index (χ3v) is 6.61. The van der Waals surface area contributed by atoms with Crippen molar-refractivity contribution in [2.24, 2.45) is 0 Å². The van der Waals surface area contributed by atoms with Gasteiger partial charge in [-0.25, -0.2) is 9.97 Å². The van der Waals surface area contributed by atoms with Gasteiger partial charge in [0.2, 0.25) is 0 Å². The van der Waals surface area contributed by atoms with E-state index in [0.29, 0.717) is 6.54 Å². The summed E-state index contributed by atoms with van der Waals surface area (Å²) < 4.78 is 0. The molecule has 0 saturated carbocycles. The van der Waals surface area contributed by atoms with Crippen molar-refractivity contribution < 1.29 is 4.79 Å². The lowest BCUT2D eigenvalue weighted by Gasteiger charge is -2.26. The van der Waals surface area contributed by atoms with Gasteiger partial charge in [0.25, 0.3) is 5.91 Å². The normalized spacial score (nSPS) is 14.3. The number of aryl methyl sites for hydroxylation is 2. The fourth-order valence-corrected chi connectivity index (χ4v) is 4.82. The molecular formula is C29H30N4O. The quantitative estimate of drug-likeness (QED) is 0.429. The molecule has 5 heteroatoms. The summed E-state index contributed by atoms with van der Waals surface area (Å²) in [5.74, 6) is 1.90. The van der Waals surface area contributed by atoms with Crippen LogP contribution in [0.25, 0.3) is 10.8 Å². The van der Waals surface area contributed by atoms with Crippen molar-refractivity contribution in [2.75, 3.05) is 31.1 Å². The van der Waals surface area contributed by atoms with Gasteiger partial charge in [-0.15, -0.1) is 0 Å². The SMILES string of the molecule is Cc1nc(C)c(Cc2ccccc2)c(N2CCCN(C(=O)c3ccc4ccccc4c3)CC2)n1. The number of aromatic nitrogens is 2. The van der Waals surface area contributed by atoms with E-state index in [2.05, 4.69) is 53.2 Å². The number of nitrogens with zero attached hydrogens (tertiary/aromatic N) is 4. The molecule has 1 amide bonds. The molecule has 0 radical (unpaired) electrons. The van der Waals surface area contributed by atoms with Gasteiger partial charge < -0.3 is 9.80 Å². The average molecular weight is 451 g/mol. The second-order valence-electron chi connectivity index (χ2n) is 9.02. The third kappa shape index (κ3) is 4.65. The molecule has 1 saturated heterocycles. The van der Waals surface area contributed by atoms with Crippen LogP contribution in [-0.2, 0) is 6.42 Å². The lowest BCUT2D eigenvalue weighted by molar-refractivity contribution is 0.0767. The fourth-order valence-electron chi connectivity index (χ4n) is 4.82. The van der Waals surface area contributed by atoms with Gasteiger partial charge in [0.05, 0.1) is 0 Å². The standard InChI is InChI=1S/C29H30N4O/c1-21-27(19-23-9-4-3-5-10-23)28(31-22(2)30-21)32-15-8-16-33(18-17-32)29(34)26-14-13-24-11-6-7-12-25(24)20-26/h3-7,9-14,20H,8,15-19H2,1-2H3. The van der Waals surface area contributed by atoms with Gasteiger partial charge in [-0.05, 0) is 48.7 Å². The van der Waals surface area contributed by atoms with Crippen molar-refractivity contribution in [3.8, 4) is 0 Å². The van der Waals surface area contributed by atoms with Crippen LogP contribution in [0.1, 0.15) is 39.4 Å². The molecule has 3 aromatic carbocycles. The Morgan fingerprint density at radius 3 is 2.41 bits per heavy atom. The minimum Gasteiger partial charge on any atom is -0.354 e. The highest BCUT2D eigenvalue weighted by Crippen LogP contribution is 2.26. The average Bonchev–Trinajstić information content (AvgIpc) is 3.12. The zero-order chi connectivity index (χ0) is 23.5. The van der Waals surface area contributed by atoms with Crippen LogP contribution in [0.15, 0.2) is 72.8 Å². The Kier molecular flexibility index (Phi) is 6.26. The Labute approximate surface area is 201 Å². The highest BCUT2D eigenvalue weighted by molar-refractivity contribution is 5.98. The van der Waals surface area contributed by atoms with Gasteiger partial charge in [-0.3, -0.25) is 4.79 Å². The van der Waals surface area contributed by atoms with Gasteiger partial charge in [-0.2, -0.15) is 0 Å². The minimum atomic E-state index is 0.104. The molecule has 0 aliphatic carbocycles. The second-order valence-corrected chi connectivity index (χ2v) is 9.02. The molecule has 1 aliphatic heterocycles. The molecule has 0 unspecified atom stereocenters. The number of carbonyl (C=O) groups is 1. The fraction of sp³-hybridized carbons (Fsp3) is 0.276. The van der Waals surface area contributed by atoms with Crippen molar-refractivity contribution in [1.82, 2.24) is 14.9 Å². The van der Waals surface area contributed by atoms with Crippen LogP contribution in [0, 0.1) is 13.8 Å². The van der Waals surface area contributed by atoms with Gasteiger partial charge in [0.15, 0.2) is 0 Å². The number of anilines is 1. The number of fused-ring (bicyclic) bond motifs is 1. The Morgan fingerprint density at radius 2 is 1.59 bits per heavy atom. The number of benzene rings is 3. The Morgan fingerprint density at radius 1 is 0.824 bits per heavy atom. The Balaban J connectivity index is 1.37. The number of hydrogen-bond donors (Lipinski definition) is 0. The topological polar surface area (TPSA) is 49.3 Å². The third-order valence-electron chi connectivity index (χ3n) is 6.61. The monoisotopic (exact) mass is 450 g/mol. The Hall–Kier alpha value is -3.73. The summed E-state index contributed by atoms with van der Waals surface area (Å²) in [6.07, 6.45) is 1.71. The van der Waals surface area contributed by atoms with Crippen LogP contribution in [0.4, 0.5) is 5.82 Å². The highest BCUT2D eigenvalue weighted by atomic mass is 16.2. The zero-order valence-electron chi connectivity index (χ0n) is 19.9. The summed E-state index contributed by atoms with van der Waals surface area (Å²) in [4.78, 5) is 27.2. The lowest BCUT2D eigenvalue weighted by Crippen LogP contribution is -2.35. The van der Waals surface area contributed by atoms with E-state index in [-0.39, 0.29) is 5.91 Å². The number of amides is 1. The van der Waals surface area contributed by atoms with Crippen molar-refractivity contribution in [1.29, 1.82) is 0 Å². The van der Waals surface area contributed by atoms with E-state index in [0.717, 1.165) is 66.1 Å². The minimum absolute atomic E-state index is 0.104. The van der Waals surface area contributed by atoms with Gasteiger partial charge in [-0.1, -0.05) is 60.7 Å². The van der Waals surface area contributed by atoms with Crippen LogP contribution < -0.4 is 4.90 Å². The summed E-state index contributed by atoms with van der Waals surface area (Å²) in [6, 6.07) is 24.6. The van der Waals surface area contributed by atoms with Crippen molar-refractivity contribution in [3.05, 3.63) is 101 Å². The molecule has 4 aromatic rings. The van der Waals surface area contributed by atoms with E-state index in [1.54, 1.807) is 0 Å². The van der Waals surface area contributed by atoms with E-state index >= 15 is 0 Å². The molecular weight excluding hydrogens is 420 g/mol. The van der Waals surface area contributed by atoms with E-state index < -0.39 is 0 Å². The van der Waals surface area contributed by atoms with E-state index in [4.69, 9.17) is 4.98 Å². The largest absolute Gasteiger partial charge is 0.354 e. The van der Waals surface area contributed by atoms with Crippen LogP contribution in [0.2, 0.25) is 0 Å². The molecule has 172 valence electrons. The predicted molar refractivity (Wildman–Crippen MR) is 137 cm³/mol. The maximum Gasteiger partial charge on any atom is 0.253 e. The molecule has 5 nitrogen and oxygen atoms in total. The van der Waals surface area contributed by atoms with Crippen molar-refractivity contribution >= 4 is 22.5 Å². The van der Waals surface area contributed by atoms with Crippen molar-refractivity contribution in [2.45, 2.75) is 26.7 Å². The molecule has 0 N–H and O–H groups in total. The summed E-state index contributed by atoms with van der Waals surface area (Å²) in [5, 5.41) is 2.25. The van der Waals surface area contributed by atoms with E-state index in [1.807, 2.05) is 48.2 Å². The first kappa shape index (κ1) is 22.1. The molecule has 1 fully saturated rings. The smallest absolute Gasteiger partial charge is 0.253 e. The first-order valence-corrected chi connectivity index (χ1v) is 12.0. The van der Waals surface area contributed by atoms with Gasteiger partial charge >= 0.3 is 0 Å². The Bertz CT molecular complexity index is 1320. The molecule has 0 atom stereocenters. The molecule has 0 bridgehead atoms. The predicted octanol–water partition coefficient (Wildman–Crippen LogP) is 5.19. The number of rotatable bonds is 4. The van der Waals surface area contributed by atoms with Gasteiger partial charge in [0, 0.05) is 49.4 Å². The van der Waals surface area contributed by atoms with Crippen molar-refractivity contribution in [3.63, 3.8) is 0 Å². The maximum atomic E-state index is 13.3. The summed E-state index contributed by atoms with van der Waals surface area (Å²) in [7, 11) is 0. The van der Waals surface area contributed by atoms with Gasteiger partial charge in [0.1, 0.15) is 11.6 Å². The maximum absolute atomic E-state index is 13.3. The molecule has 1 aromatic heterocycles. The van der Waals surface area contributed by atoms with Crippen LogP contribution in [-0.4, -0.2) is 47.0 Å². The first-order valence-electron chi connectivity index (χ1n) is 12.0. The summed E-state index contributed by atoms with van der Waals surface area (Å²) in [5.41, 5.74) is 4.21. The lowest BCUT2D eigenvalue weighted by atomic mass is 10.0. The van der Waals surface area contributed by atoms with Crippen LogP contribution >= 0.6 is 0 Å². The summed E-state index contributed by atoms with van der Waals surface area (Å²) >= 11 is 0. The summed E-state index contributed by atoms with van der Waals surface area (Å²) in [6.45, 7) is 7.09. The first-order chi connectivity index (χ1) is 16.6. The number of carbonyl (C=O) groups excluding carboxylic acids is 1. The van der Waals surface area contributed by atoms with Crippen LogP contribution in [0.5, 0.6) is 0 Å². The molecule has 5 rings (SSSR count). The molecule has 2 heterocycles.